The molecule has 2 nitrogen and oxygen atoms in total. The van der Waals surface area contributed by atoms with Crippen molar-refractivity contribution >= 4 is 34.1 Å². The molecule has 2 heteroatoms. The summed E-state index contributed by atoms with van der Waals surface area (Å²) >= 11 is 0. The van der Waals surface area contributed by atoms with Gasteiger partial charge in [-0.1, -0.05) is 55.6 Å². The van der Waals surface area contributed by atoms with Crippen LogP contribution in [-0.4, -0.2) is 9.55 Å². The van der Waals surface area contributed by atoms with Gasteiger partial charge in [0, 0.05) is 23.2 Å². The monoisotopic (exact) mass is 298 g/mol. The van der Waals surface area contributed by atoms with E-state index in [0.717, 1.165) is 5.69 Å². The van der Waals surface area contributed by atoms with Gasteiger partial charge in [0.25, 0.3) is 0 Å². The molecule has 0 radical (unpaired) electrons. The van der Waals surface area contributed by atoms with Crippen LogP contribution in [0.1, 0.15) is 5.69 Å². The summed E-state index contributed by atoms with van der Waals surface area (Å²) in [5, 5.41) is 2.57. The van der Waals surface area contributed by atoms with E-state index < -0.39 is 0 Å². The number of aromatic nitrogens is 2. The molecule has 0 spiro atoms. The first-order valence-electron chi connectivity index (χ1n) is 7.49. The van der Waals surface area contributed by atoms with Gasteiger partial charge in [-0.25, -0.2) is 0 Å². The Morgan fingerprint density at radius 1 is 0.739 bits per heavy atom. The van der Waals surface area contributed by atoms with Crippen LogP contribution in [0.3, 0.4) is 0 Å². The highest BCUT2D eigenvalue weighted by molar-refractivity contribution is 6.09. The predicted molar refractivity (Wildman–Crippen MR) is 100 cm³/mol. The third-order valence-electron chi connectivity index (χ3n) is 3.70. The number of benzene rings is 2. The first-order valence-corrected chi connectivity index (χ1v) is 7.49. The SMILES string of the molecule is C=Cc1ccccn1.C=Cn1c2ccccc2c2ccccc21. The van der Waals surface area contributed by atoms with E-state index >= 15 is 0 Å². The second kappa shape index (κ2) is 6.75. The largest absolute Gasteiger partial charge is 0.317 e. The molecule has 0 aliphatic carbocycles. The fraction of sp³-hybridized carbons (Fsp3) is 0. The zero-order valence-corrected chi connectivity index (χ0v) is 12.9. The molecule has 0 unspecified atom stereocenters. The Labute approximate surface area is 136 Å². The normalized spacial score (nSPS) is 10.1. The van der Waals surface area contributed by atoms with Crippen molar-refractivity contribution in [3.05, 3.63) is 91.8 Å². The van der Waals surface area contributed by atoms with Gasteiger partial charge in [0.15, 0.2) is 0 Å². The summed E-state index contributed by atoms with van der Waals surface area (Å²) in [6, 6.07) is 22.5. The Bertz CT molecular complexity index is 896. The Hall–Kier alpha value is -3.13. The van der Waals surface area contributed by atoms with E-state index in [9.17, 15) is 0 Å². The van der Waals surface area contributed by atoms with Crippen LogP contribution in [0, 0.1) is 0 Å². The molecule has 0 bridgehead atoms. The van der Waals surface area contributed by atoms with Gasteiger partial charge in [-0.3, -0.25) is 4.98 Å². The highest BCUT2D eigenvalue weighted by Crippen LogP contribution is 2.28. The van der Waals surface area contributed by atoms with Gasteiger partial charge in [0.1, 0.15) is 0 Å². The maximum atomic E-state index is 3.98. The Morgan fingerprint density at radius 2 is 1.30 bits per heavy atom. The first-order chi connectivity index (χ1) is 11.3. The summed E-state index contributed by atoms with van der Waals surface area (Å²) in [6.45, 7) is 7.43. The molecule has 4 aromatic rings. The molecule has 0 aliphatic rings. The summed E-state index contributed by atoms with van der Waals surface area (Å²) in [6.07, 6.45) is 5.34. The summed E-state index contributed by atoms with van der Waals surface area (Å²) in [5.74, 6) is 0. The molecule has 0 amide bonds. The van der Waals surface area contributed by atoms with Crippen LogP contribution in [0.2, 0.25) is 0 Å². The molecule has 0 saturated heterocycles. The summed E-state index contributed by atoms with van der Waals surface area (Å²) < 4.78 is 2.13. The molecule has 2 heterocycles. The molecule has 0 aliphatic heterocycles. The molecule has 0 fully saturated rings. The third-order valence-corrected chi connectivity index (χ3v) is 3.70. The molecule has 23 heavy (non-hydrogen) atoms. The quantitative estimate of drug-likeness (QED) is 0.469. The number of pyridine rings is 1. The number of para-hydroxylation sites is 2. The molecule has 2 aromatic carbocycles. The molecule has 2 aromatic heterocycles. The lowest BCUT2D eigenvalue weighted by Gasteiger charge is -1.97. The lowest BCUT2D eigenvalue weighted by molar-refractivity contribution is 1.30. The van der Waals surface area contributed by atoms with E-state index in [1.165, 1.54) is 21.8 Å². The van der Waals surface area contributed by atoms with E-state index in [2.05, 4.69) is 71.2 Å². The zero-order valence-electron chi connectivity index (χ0n) is 12.9. The minimum atomic E-state index is 0.924. The van der Waals surface area contributed by atoms with Gasteiger partial charge < -0.3 is 4.57 Å². The van der Waals surface area contributed by atoms with Crippen molar-refractivity contribution in [2.45, 2.75) is 0 Å². The fourth-order valence-electron chi connectivity index (χ4n) is 2.65. The average Bonchev–Trinajstić information content (AvgIpc) is 2.97. The molecular formula is C21H18N2. The predicted octanol–water partition coefficient (Wildman–Crippen LogP) is 5.62. The summed E-state index contributed by atoms with van der Waals surface area (Å²) in [4.78, 5) is 3.98. The van der Waals surface area contributed by atoms with E-state index in [1.54, 1.807) is 12.3 Å². The summed E-state index contributed by atoms with van der Waals surface area (Å²) in [7, 11) is 0. The second-order valence-corrected chi connectivity index (χ2v) is 5.05. The van der Waals surface area contributed by atoms with Crippen molar-refractivity contribution in [2.24, 2.45) is 0 Å². The van der Waals surface area contributed by atoms with Crippen LogP contribution in [0.15, 0.2) is 86.1 Å². The average molecular weight is 298 g/mol. The zero-order chi connectivity index (χ0) is 16.1. The van der Waals surface area contributed by atoms with Crippen LogP contribution in [0.4, 0.5) is 0 Å². The fourth-order valence-corrected chi connectivity index (χ4v) is 2.65. The number of rotatable bonds is 2. The van der Waals surface area contributed by atoms with Crippen LogP contribution in [0.25, 0.3) is 34.1 Å². The molecule has 0 saturated carbocycles. The first kappa shape index (κ1) is 14.8. The number of nitrogens with zero attached hydrogens (tertiary/aromatic N) is 2. The van der Waals surface area contributed by atoms with E-state index in [-0.39, 0.29) is 0 Å². The molecule has 0 atom stereocenters. The van der Waals surface area contributed by atoms with Gasteiger partial charge in [0.05, 0.1) is 16.7 Å². The van der Waals surface area contributed by atoms with Gasteiger partial charge in [-0.15, -0.1) is 0 Å². The van der Waals surface area contributed by atoms with Crippen LogP contribution >= 0.6 is 0 Å². The smallest absolute Gasteiger partial charge is 0.0623 e. The minimum Gasteiger partial charge on any atom is -0.317 e. The third kappa shape index (κ3) is 2.92. The van der Waals surface area contributed by atoms with Crippen molar-refractivity contribution in [3.8, 4) is 0 Å². The van der Waals surface area contributed by atoms with Gasteiger partial charge in [-0.2, -0.15) is 0 Å². The lowest BCUT2D eigenvalue weighted by atomic mass is 10.2. The van der Waals surface area contributed by atoms with Crippen LogP contribution in [0.5, 0.6) is 0 Å². The highest BCUT2D eigenvalue weighted by atomic mass is 14.9. The van der Waals surface area contributed by atoms with E-state index in [0.29, 0.717) is 0 Å². The molecule has 4 rings (SSSR count). The minimum absolute atomic E-state index is 0.924. The van der Waals surface area contributed by atoms with Gasteiger partial charge >= 0.3 is 0 Å². The van der Waals surface area contributed by atoms with E-state index in [1.807, 2.05) is 24.4 Å². The van der Waals surface area contributed by atoms with Crippen molar-refractivity contribution in [1.29, 1.82) is 0 Å². The topological polar surface area (TPSA) is 17.8 Å². The molecule has 112 valence electrons. The van der Waals surface area contributed by atoms with Crippen molar-refractivity contribution < 1.29 is 0 Å². The Balaban J connectivity index is 0.000000166. The molecular weight excluding hydrogens is 280 g/mol. The number of hydrogen-bond donors (Lipinski definition) is 0. The second-order valence-electron chi connectivity index (χ2n) is 5.05. The molecule has 0 N–H and O–H groups in total. The van der Waals surface area contributed by atoms with E-state index in [4.69, 9.17) is 0 Å². The van der Waals surface area contributed by atoms with Crippen LogP contribution in [-0.2, 0) is 0 Å². The Kier molecular flexibility index (Phi) is 4.34. The maximum Gasteiger partial charge on any atom is 0.0623 e. The Morgan fingerprint density at radius 3 is 1.74 bits per heavy atom. The van der Waals surface area contributed by atoms with Crippen molar-refractivity contribution in [2.75, 3.05) is 0 Å². The lowest BCUT2D eigenvalue weighted by Crippen LogP contribution is -1.82. The standard InChI is InChI=1S/C14H11N.C7H7N/c1-2-15-13-9-5-3-7-11(13)12-8-4-6-10-14(12)15;1-2-7-5-3-4-6-8-7/h2-10H,1H2;2-6H,1H2. The summed E-state index contributed by atoms with van der Waals surface area (Å²) in [5.41, 5.74) is 3.36. The van der Waals surface area contributed by atoms with Gasteiger partial charge in [-0.05, 0) is 30.3 Å². The van der Waals surface area contributed by atoms with Crippen molar-refractivity contribution in [1.82, 2.24) is 9.55 Å². The number of fused-ring (bicyclic) bond motifs is 3. The highest BCUT2D eigenvalue weighted by Gasteiger charge is 2.06. The maximum absolute atomic E-state index is 3.98. The number of hydrogen-bond acceptors (Lipinski definition) is 1. The van der Waals surface area contributed by atoms with Gasteiger partial charge in [0.2, 0.25) is 0 Å². The van der Waals surface area contributed by atoms with Crippen LogP contribution < -0.4 is 0 Å². The van der Waals surface area contributed by atoms with Crippen molar-refractivity contribution in [3.63, 3.8) is 0 Å².